The van der Waals surface area contributed by atoms with Crippen molar-refractivity contribution in [3.8, 4) is 0 Å². The van der Waals surface area contributed by atoms with Crippen LogP contribution in [0.4, 0.5) is 0 Å². The second-order valence-corrected chi connectivity index (χ2v) is 4.35. The Balaban J connectivity index is 2.76. The average Bonchev–Trinajstić information content (AvgIpc) is 2.68. The van der Waals surface area contributed by atoms with Crippen molar-refractivity contribution in [2.24, 2.45) is 11.7 Å². The van der Waals surface area contributed by atoms with Gasteiger partial charge in [-0.05, 0) is 5.92 Å². The number of carbonyl (C=O) groups is 1. The van der Waals surface area contributed by atoms with Crippen molar-refractivity contribution in [2.75, 3.05) is 0 Å². The lowest BCUT2D eigenvalue weighted by Crippen LogP contribution is -2.32. The number of fused-ring (bicyclic) bond motifs is 1. The fraction of sp³-hybridized carbons (Fsp3) is 0.364. The van der Waals surface area contributed by atoms with Gasteiger partial charge in [0.25, 0.3) is 11.5 Å². The smallest absolute Gasteiger partial charge is 0.266 e. The van der Waals surface area contributed by atoms with Crippen LogP contribution in [-0.4, -0.2) is 20.1 Å². The molecule has 0 atom stereocenters. The SMILES string of the molecule is CC(C)Cn1c(=O)c(C(N)=O)cn2nccc12. The van der Waals surface area contributed by atoms with E-state index in [2.05, 4.69) is 5.10 Å². The lowest BCUT2D eigenvalue weighted by atomic mass is 10.2. The molecule has 90 valence electrons. The van der Waals surface area contributed by atoms with Gasteiger partial charge in [0, 0.05) is 18.8 Å². The first kappa shape index (κ1) is 11.4. The van der Waals surface area contributed by atoms with Crippen molar-refractivity contribution in [1.82, 2.24) is 14.2 Å². The summed E-state index contributed by atoms with van der Waals surface area (Å²) in [7, 11) is 0. The topological polar surface area (TPSA) is 82.4 Å². The molecule has 2 aromatic heterocycles. The van der Waals surface area contributed by atoms with Gasteiger partial charge in [0.05, 0.1) is 6.20 Å². The van der Waals surface area contributed by atoms with E-state index in [0.717, 1.165) is 0 Å². The molecule has 2 N–H and O–H groups in total. The third-order valence-corrected chi connectivity index (χ3v) is 2.47. The zero-order valence-electron chi connectivity index (χ0n) is 9.75. The fourth-order valence-corrected chi connectivity index (χ4v) is 1.76. The van der Waals surface area contributed by atoms with E-state index in [1.807, 2.05) is 13.8 Å². The second-order valence-electron chi connectivity index (χ2n) is 4.35. The van der Waals surface area contributed by atoms with Crippen molar-refractivity contribution in [1.29, 1.82) is 0 Å². The highest BCUT2D eigenvalue weighted by Gasteiger charge is 2.14. The highest BCUT2D eigenvalue weighted by atomic mass is 16.2. The Hall–Kier alpha value is -2.11. The van der Waals surface area contributed by atoms with Gasteiger partial charge in [0.2, 0.25) is 0 Å². The van der Waals surface area contributed by atoms with Crippen LogP contribution in [0, 0.1) is 5.92 Å². The summed E-state index contributed by atoms with van der Waals surface area (Å²) in [4.78, 5) is 23.3. The van der Waals surface area contributed by atoms with E-state index in [1.165, 1.54) is 15.3 Å². The number of nitrogens with two attached hydrogens (primary N) is 1. The second kappa shape index (κ2) is 4.04. The molecule has 0 aromatic carbocycles. The van der Waals surface area contributed by atoms with E-state index in [4.69, 9.17) is 5.73 Å². The van der Waals surface area contributed by atoms with Gasteiger partial charge < -0.3 is 5.73 Å². The number of carbonyl (C=O) groups excluding carboxylic acids is 1. The summed E-state index contributed by atoms with van der Waals surface area (Å²) in [6, 6.07) is 1.73. The molecule has 0 saturated heterocycles. The molecular formula is C11H14N4O2. The van der Waals surface area contributed by atoms with Gasteiger partial charge in [-0.3, -0.25) is 14.2 Å². The van der Waals surface area contributed by atoms with Gasteiger partial charge in [-0.2, -0.15) is 5.10 Å². The van der Waals surface area contributed by atoms with Gasteiger partial charge in [0.15, 0.2) is 0 Å². The number of amides is 1. The molecule has 2 heterocycles. The summed E-state index contributed by atoms with van der Waals surface area (Å²) in [6.07, 6.45) is 2.95. The molecule has 6 heteroatoms. The van der Waals surface area contributed by atoms with Crippen LogP contribution in [-0.2, 0) is 6.54 Å². The number of rotatable bonds is 3. The summed E-state index contributed by atoms with van der Waals surface area (Å²) < 4.78 is 3.02. The zero-order chi connectivity index (χ0) is 12.6. The van der Waals surface area contributed by atoms with Crippen molar-refractivity contribution >= 4 is 11.6 Å². The molecule has 0 saturated carbocycles. The normalized spacial score (nSPS) is 11.2. The van der Waals surface area contributed by atoms with E-state index in [-0.39, 0.29) is 17.0 Å². The minimum atomic E-state index is -0.732. The molecule has 6 nitrogen and oxygen atoms in total. The molecule has 0 radical (unpaired) electrons. The van der Waals surface area contributed by atoms with Crippen LogP contribution < -0.4 is 11.3 Å². The molecule has 17 heavy (non-hydrogen) atoms. The van der Waals surface area contributed by atoms with Crippen LogP contribution in [0.5, 0.6) is 0 Å². The van der Waals surface area contributed by atoms with Crippen molar-refractivity contribution in [3.63, 3.8) is 0 Å². The van der Waals surface area contributed by atoms with Crippen LogP contribution in [0.2, 0.25) is 0 Å². The monoisotopic (exact) mass is 234 g/mol. The highest BCUT2D eigenvalue weighted by Crippen LogP contribution is 2.05. The number of aromatic nitrogens is 3. The van der Waals surface area contributed by atoms with Crippen LogP contribution in [0.25, 0.3) is 5.65 Å². The van der Waals surface area contributed by atoms with E-state index in [1.54, 1.807) is 12.3 Å². The van der Waals surface area contributed by atoms with Crippen LogP contribution >= 0.6 is 0 Å². The standard InChI is InChI=1S/C11H14N4O2/c1-7(2)5-14-9-3-4-13-15(9)6-8(10(12)16)11(14)17/h3-4,6-7H,5H2,1-2H3,(H2,12,16). The fourth-order valence-electron chi connectivity index (χ4n) is 1.76. The first-order valence-corrected chi connectivity index (χ1v) is 5.37. The molecule has 0 bridgehead atoms. The summed E-state index contributed by atoms with van der Waals surface area (Å²) in [5, 5.41) is 4.02. The summed E-state index contributed by atoms with van der Waals surface area (Å²) in [6.45, 7) is 4.52. The van der Waals surface area contributed by atoms with Crippen LogP contribution in [0.3, 0.4) is 0 Å². The molecule has 2 aromatic rings. The summed E-state index contributed by atoms with van der Waals surface area (Å²) in [5.41, 5.74) is 5.44. The van der Waals surface area contributed by atoms with Gasteiger partial charge in [-0.15, -0.1) is 0 Å². The van der Waals surface area contributed by atoms with Crippen molar-refractivity contribution in [3.05, 3.63) is 34.4 Å². The van der Waals surface area contributed by atoms with Gasteiger partial charge in [-0.25, -0.2) is 4.52 Å². The number of primary amides is 1. The van der Waals surface area contributed by atoms with E-state index in [0.29, 0.717) is 12.2 Å². The zero-order valence-corrected chi connectivity index (χ0v) is 9.75. The molecular weight excluding hydrogens is 220 g/mol. The molecule has 0 aliphatic rings. The van der Waals surface area contributed by atoms with Gasteiger partial charge in [0.1, 0.15) is 11.2 Å². The Labute approximate surface area is 97.7 Å². The summed E-state index contributed by atoms with van der Waals surface area (Å²) >= 11 is 0. The molecule has 0 aliphatic heterocycles. The maximum atomic E-state index is 12.1. The third-order valence-electron chi connectivity index (χ3n) is 2.47. The summed E-state index contributed by atoms with van der Waals surface area (Å²) in [5.74, 6) is -0.445. The minimum absolute atomic E-state index is 0.0400. The molecule has 0 spiro atoms. The number of nitrogens with zero attached hydrogens (tertiary/aromatic N) is 3. The molecule has 0 aliphatic carbocycles. The predicted molar refractivity (Wildman–Crippen MR) is 62.8 cm³/mol. The molecule has 0 unspecified atom stereocenters. The van der Waals surface area contributed by atoms with E-state index >= 15 is 0 Å². The van der Waals surface area contributed by atoms with Crippen molar-refractivity contribution < 1.29 is 4.79 Å². The molecule has 2 rings (SSSR count). The Morgan fingerprint density at radius 2 is 2.24 bits per heavy atom. The number of hydrogen-bond acceptors (Lipinski definition) is 3. The maximum absolute atomic E-state index is 12.1. The Morgan fingerprint density at radius 3 is 2.82 bits per heavy atom. The minimum Gasteiger partial charge on any atom is -0.365 e. The Morgan fingerprint density at radius 1 is 1.53 bits per heavy atom. The van der Waals surface area contributed by atoms with Gasteiger partial charge in [-0.1, -0.05) is 13.8 Å². The van der Waals surface area contributed by atoms with E-state index in [9.17, 15) is 9.59 Å². The first-order chi connectivity index (χ1) is 8.00. The first-order valence-electron chi connectivity index (χ1n) is 5.37. The predicted octanol–water partition coefficient (Wildman–Crippen LogP) is 0.251. The van der Waals surface area contributed by atoms with Gasteiger partial charge >= 0.3 is 0 Å². The molecule has 0 fully saturated rings. The van der Waals surface area contributed by atoms with Crippen molar-refractivity contribution in [2.45, 2.75) is 20.4 Å². The van der Waals surface area contributed by atoms with E-state index < -0.39 is 5.91 Å². The lowest BCUT2D eigenvalue weighted by Gasteiger charge is -2.11. The lowest BCUT2D eigenvalue weighted by molar-refractivity contribution is 0.0997. The van der Waals surface area contributed by atoms with Crippen LogP contribution in [0.1, 0.15) is 24.2 Å². The average molecular weight is 234 g/mol. The Bertz CT molecular complexity index is 624. The molecule has 1 amide bonds. The Kier molecular flexibility index (Phi) is 2.71. The third kappa shape index (κ3) is 1.93. The van der Waals surface area contributed by atoms with Crippen LogP contribution in [0.15, 0.2) is 23.3 Å². The number of hydrogen-bond donors (Lipinski definition) is 1. The quantitative estimate of drug-likeness (QED) is 0.826. The largest absolute Gasteiger partial charge is 0.365 e. The highest BCUT2D eigenvalue weighted by molar-refractivity contribution is 5.92. The maximum Gasteiger partial charge on any atom is 0.266 e.